The van der Waals surface area contributed by atoms with Gasteiger partial charge in [0.15, 0.2) is 4.96 Å². The van der Waals surface area contributed by atoms with Crippen LogP contribution in [-0.2, 0) is 20.9 Å². The van der Waals surface area contributed by atoms with Gasteiger partial charge in [-0.3, -0.25) is 8.58 Å². The van der Waals surface area contributed by atoms with Crippen LogP contribution in [0.2, 0.25) is 0 Å². The van der Waals surface area contributed by atoms with Gasteiger partial charge in [0.1, 0.15) is 0 Å². The van der Waals surface area contributed by atoms with E-state index in [4.69, 9.17) is 4.18 Å². The van der Waals surface area contributed by atoms with Gasteiger partial charge < -0.3 is 0 Å². The van der Waals surface area contributed by atoms with Crippen LogP contribution in [0, 0.1) is 0 Å². The van der Waals surface area contributed by atoms with Gasteiger partial charge in [-0.05, 0) is 17.7 Å². The van der Waals surface area contributed by atoms with Crippen molar-refractivity contribution in [3.8, 4) is 11.3 Å². The summed E-state index contributed by atoms with van der Waals surface area (Å²) in [4.78, 5) is 5.60. The van der Waals surface area contributed by atoms with E-state index in [0.717, 1.165) is 38.3 Å². The van der Waals surface area contributed by atoms with Crippen molar-refractivity contribution in [1.82, 2.24) is 9.38 Å². The maximum atomic E-state index is 11.1. The molecule has 122 valence electrons. The molecule has 0 radical (unpaired) electrons. The molecule has 0 aliphatic heterocycles. The van der Waals surface area contributed by atoms with E-state index >= 15 is 0 Å². The summed E-state index contributed by atoms with van der Waals surface area (Å²) in [6, 6.07) is 15.8. The molecule has 0 amide bonds. The molecule has 0 aliphatic carbocycles. The topological polar surface area (TPSA) is 60.7 Å². The lowest BCUT2D eigenvalue weighted by Crippen LogP contribution is -2.02. The lowest BCUT2D eigenvalue weighted by atomic mass is 10.2. The summed E-state index contributed by atoms with van der Waals surface area (Å²) in [6.45, 7) is 0.0459. The minimum atomic E-state index is -3.44. The molecule has 0 N–H and O–H groups in total. The molecule has 0 fully saturated rings. The van der Waals surface area contributed by atoms with Crippen LogP contribution < -0.4 is 0 Å². The minimum Gasteiger partial charge on any atom is -0.290 e. The van der Waals surface area contributed by atoms with E-state index in [0.29, 0.717) is 0 Å². The van der Waals surface area contributed by atoms with Crippen LogP contribution in [-0.4, -0.2) is 24.1 Å². The highest BCUT2D eigenvalue weighted by atomic mass is 32.2. The Balaban J connectivity index is 1.73. The quantitative estimate of drug-likeness (QED) is 0.522. The van der Waals surface area contributed by atoms with Gasteiger partial charge in [0.25, 0.3) is 10.1 Å². The van der Waals surface area contributed by atoms with Crippen molar-refractivity contribution in [3.63, 3.8) is 0 Å². The van der Waals surface area contributed by atoms with Gasteiger partial charge in [-0.1, -0.05) is 47.7 Å². The average Bonchev–Trinajstić information content (AvgIpc) is 3.10. The zero-order valence-electron chi connectivity index (χ0n) is 12.8. The Morgan fingerprint density at radius 1 is 1.17 bits per heavy atom. The summed E-state index contributed by atoms with van der Waals surface area (Å²) in [6.07, 6.45) is 3.08. The monoisotopic (exact) mass is 358 g/mol. The summed E-state index contributed by atoms with van der Waals surface area (Å²) < 4.78 is 30.2. The first-order valence-corrected chi connectivity index (χ1v) is 9.93. The highest BCUT2D eigenvalue weighted by molar-refractivity contribution is 7.85. The Labute approximate surface area is 143 Å². The molecule has 0 atom stereocenters. The number of fused-ring (bicyclic) bond motifs is 3. The summed E-state index contributed by atoms with van der Waals surface area (Å²) in [5.74, 6) is 0. The second-order valence-corrected chi connectivity index (χ2v) is 8.17. The lowest BCUT2D eigenvalue weighted by Gasteiger charge is -2.01. The normalized spacial score (nSPS) is 12.2. The van der Waals surface area contributed by atoms with Crippen molar-refractivity contribution >= 4 is 36.6 Å². The van der Waals surface area contributed by atoms with E-state index in [-0.39, 0.29) is 6.61 Å². The first kappa shape index (κ1) is 15.3. The lowest BCUT2D eigenvalue weighted by molar-refractivity contribution is 0.312. The molecule has 5 nitrogen and oxygen atoms in total. The number of hydrogen-bond donors (Lipinski definition) is 0. The number of thiazole rings is 1. The Morgan fingerprint density at radius 2 is 1.96 bits per heavy atom. The largest absolute Gasteiger partial charge is 0.290 e. The fraction of sp³-hybridized carbons (Fsp3) is 0.118. The Kier molecular flexibility index (Phi) is 3.64. The van der Waals surface area contributed by atoms with E-state index in [1.807, 2.05) is 54.7 Å². The maximum Gasteiger partial charge on any atom is 0.264 e. The van der Waals surface area contributed by atoms with Crippen LogP contribution in [0.1, 0.15) is 5.56 Å². The Hall–Kier alpha value is -2.22. The van der Waals surface area contributed by atoms with Gasteiger partial charge in [0.05, 0.1) is 28.8 Å². The van der Waals surface area contributed by atoms with Crippen molar-refractivity contribution < 1.29 is 12.6 Å². The number of nitrogens with zero attached hydrogens (tertiary/aromatic N) is 2. The molecule has 4 aromatic rings. The first-order chi connectivity index (χ1) is 11.5. The highest BCUT2D eigenvalue weighted by Gasteiger charge is 2.11. The van der Waals surface area contributed by atoms with Crippen LogP contribution in [0.4, 0.5) is 0 Å². The van der Waals surface area contributed by atoms with E-state index in [1.54, 1.807) is 11.3 Å². The third-order valence-corrected chi connectivity index (χ3v) is 5.23. The van der Waals surface area contributed by atoms with E-state index < -0.39 is 10.1 Å². The number of imidazole rings is 1. The molecule has 0 unspecified atom stereocenters. The molecule has 7 heteroatoms. The molecule has 4 rings (SSSR count). The molecular formula is C17H14N2O3S2. The Bertz CT molecular complexity index is 1130. The number of aromatic nitrogens is 2. The van der Waals surface area contributed by atoms with Gasteiger partial charge in [-0.2, -0.15) is 8.42 Å². The SMILES string of the molecule is CS(=O)(=O)OCc1ccc2c(c1)sc1nc(-c3ccccc3)cn12. The minimum absolute atomic E-state index is 0.0459. The van der Waals surface area contributed by atoms with E-state index in [1.165, 1.54) is 0 Å². The van der Waals surface area contributed by atoms with E-state index in [9.17, 15) is 8.42 Å². The van der Waals surface area contributed by atoms with Gasteiger partial charge in [-0.15, -0.1) is 0 Å². The zero-order chi connectivity index (χ0) is 16.7. The van der Waals surface area contributed by atoms with Crippen molar-refractivity contribution in [3.05, 3.63) is 60.3 Å². The summed E-state index contributed by atoms with van der Waals surface area (Å²) in [5, 5.41) is 0. The smallest absolute Gasteiger partial charge is 0.264 e. The van der Waals surface area contributed by atoms with Crippen LogP contribution >= 0.6 is 11.3 Å². The fourth-order valence-corrected chi connectivity index (χ4v) is 3.98. The van der Waals surface area contributed by atoms with Crippen LogP contribution in [0.15, 0.2) is 54.7 Å². The third kappa shape index (κ3) is 2.93. The summed E-state index contributed by atoms with van der Waals surface area (Å²) in [7, 11) is -3.44. The van der Waals surface area contributed by atoms with Crippen LogP contribution in [0.5, 0.6) is 0 Å². The van der Waals surface area contributed by atoms with Gasteiger partial charge in [0.2, 0.25) is 0 Å². The first-order valence-electron chi connectivity index (χ1n) is 7.30. The van der Waals surface area contributed by atoms with Gasteiger partial charge in [-0.25, -0.2) is 4.98 Å². The average molecular weight is 358 g/mol. The number of rotatable bonds is 4. The molecular weight excluding hydrogens is 344 g/mol. The number of hydrogen-bond acceptors (Lipinski definition) is 5. The molecule has 0 spiro atoms. The molecule has 0 aliphatic rings. The van der Waals surface area contributed by atoms with Gasteiger partial charge in [0, 0.05) is 11.8 Å². The molecule has 2 heterocycles. The van der Waals surface area contributed by atoms with Crippen molar-refractivity contribution in [2.45, 2.75) is 6.61 Å². The molecule has 0 bridgehead atoms. The fourth-order valence-electron chi connectivity index (χ4n) is 2.56. The highest BCUT2D eigenvalue weighted by Crippen LogP contribution is 2.30. The van der Waals surface area contributed by atoms with Crippen LogP contribution in [0.3, 0.4) is 0 Å². The molecule has 0 saturated carbocycles. The summed E-state index contributed by atoms with van der Waals surface area (Å²) in [5.41, 5.74) is 3.89. The second-order valence-electron chi connectivity index (χ2n) is 5.52. The molecule has 2 aromatic heterocycles. The number of benzene rings is 2. The third-order valence-electron chi connectivity index (χ3n) is 3.67. The summed E-state index contributed by atoms with van der Waals surface area (Å²) >= 11 is 1.57. The van der Waals surface area contributed by atoms with Crippen molar-refractivity contribution in [2.75, 3.05) is 6.26 Å². The molecule has 24 heavy (non-hydrogen) atoms. The Morgan fingerprint density at radius 3 is 2.71 bits per heavy atom. The van der Waals surface area contributed by atoms with Crippen LogP contribution in [0.25, 0.3) is 26.4 Å². The molecule has 2 aromatic carbocycles. The predicted octanol–water partition coefficient (Wildman–Crippen LogP) is 3.69. The van der Waals surface area contributed by atoms with Crippen molar-refractivity contribution in [1.29, 1.82) is 0 Å². The predicted molar refractivity (Wildman–Crippen MR) is 95.6 cm³/mol. The second kappa shape index (κ2) is 5.70. The van der Waals surface area contributed by atoms with E-state index in [2.05, 4.69) is 9.38 Å². The molecule has 0 saturated heterocycles. The standard InChI is InChI=1S/C17H14N2O3S2/c1-24(20,21)22-11-12-7-8-15-16(9-12)23-17-18-14(10-19(15)17)13-5-3-2-4-6-13/h2-10H,11H2,1H3. The van der Waals surface area contributed by atoms with Gasteiger partial charge >= 0.3 is 0 Å². The van der Waals surface area contributed by atoms with Crippen molar-refractivity contribution in [2.24, 2.45) is 0 Å². The maximum absolute atomic E-state index is 11.1. The zero-order valence-corrected chi connectivity index (χ0v) is 14.5.